The van der Waals surface area contributed by atoms with Crippen molar-refractivity contribution in [2.24, 2.45) is 5.73 Å². The van der Waals surface area contributed by atoms with Crippen molar-refractivity contribution in [1.82, 2.24) is 0 Å². The van der Waals surface area contributed by atoms with Gasteiger partial charge in [0.2, 0.25) is 0 Å². The van der Waals surface area contributed by atoms with E-state index in [9.17, 15) is 4.79 Å². The predicted molar refractivity (Wildman–Crippen MR) is 54.8 cm³/mol. The van der Waals surface area contributed by atoms with E-state index in [1.807, 2.05) is 11.4 Å². The molecule has 0 aromatic carbocycles. The second-order valence-electron chi connectivity index (χ2n) is 2.22. The molecule has 1 aromatic rings. The number of amides is 1. The normalized spacial score (nSPS) is 10.9. The van der Waals surface area contributed by atoms with Gasteiger partial charge in [0.15, 0.2) is 0 Å². The van der Waals surface area contributed by atoms with Crippen molar-refractivity contribution in [2.75, 3.05) is 0 Å². The van der Waals surface area contributed by atoms with Crippen molar-refractivity contribution in [3.8, 4) is 6.07 Å². The van der Waals surface area contributed by atoms with Gasteiger partial charge in [0.05, 0.1) is 3.79 Å². The van der Waals surface area contributed by atoms with Crippen LogP contribution in [-0.2, 0) is 4.79 Å². The summed E-state index contributed by atoms with van der Waals surface area (Å²) in [5.41, 5.74) is 5.73. The first-order valence-electron chi connectivity index (χ1n) is 3.29. The lowest BCUT2D eigenvalue weighted by Crippen LogP contribution is -2.12. The SMILES string of the molecule is N#C/C(=C\c1csc(Br)c1)C(N)=O. The lowest BCUT2D eigenvalue weighted by molar-refractivity contribution is -0.114. The van der Waals surface area contributed by atoms with Gasteiger partial charge in [0.25, 0.3) is 5.91 Å². The Morgan fingerprint density at radius 2 is 2.46 bits per heavy atom. The predicted octanol–water partition coefficient (Wildman–Crippen LogP) is 1.90. The number of halogens is 1. The molecule has 3 nitrogen and oxygen atoms in total. The number of primary amides is 1. The maximum atomic E-state index is 10.7. The molecule has 1 rings (SSSR count). The van der Waals surface area contributed by atoms with Gasteiger partial charge in [-0.3, -0.25) is 4.79 Å². The van der Waals surface area contributed by atoms with Crippen LogP contribution in [0.25, 0.3) is 6.08 Å². The van der Waals surface area contributed by atoms with Crippen molar-refractivity contribution in [2.45, 2.75) is 0 Å². The van der Waals surface area contributed by atoms with E-state index in [-0.39, 0.29) is 5.57 Å². The lowest BCUT2D eigenvalue weighted by atomic mass is 10.2. The number of rotatable bonds is 2. The van der Waals surface area contributed by atoms with Gasteiger partial charge in [-0.15, -0.1) is 11.3 Å². The number of nitrogens with zero attached hydrogens (tertiary/aromatic N) is 1. The lowest BCUT2D eigenvalue weighted by Gasteiger charge is -1.88. The van der Waals surface area contributed by atoms with Crippen LogP contribution in [-0.4, -0.2) is 5.91 Å². The second kappa shape index (κ2) is 4.21. The summed E-state index contributed by atoms with van der Waals surface area (Å²) in [5.74, 6) is -0.704. The average molecular weight is 257 g/mol. The molecular weight excluding hydrogens is 252 g/mol. The van der Waals surface area contributed by atoms with Crippen molar-refractivity contribution in [3.63, 3.8) is 0 Å². The van der Waals surface area contributed by atoms with Crippen LogP contribution < -0.4 is 5.73 Å². The third kappa shape index (κ3) is 2.68. The van der Waals surface area contributed by atoms with Crippen molar-refractivity contribution < 1.29 is 4.79 Å². The standard InChI is InChI=1S/C8H5BrN2OS/c9-7-2-5(4-13-7)1-6(3-10)8(11)12/h1-2,4H,(H2,11,12)/b6-1+. The van der Waals surface area contributed by atoms with Crippen LogP contribution in [0.3, 0.4) is 0 Å². The van der Waals surface area contributed by atoms with E-state index >= 15 is 0 Å². The highest BCUT2D eigenvalue weighted by Gasteiger charge is 2.03. The number of hydrogen-bond donors (Lipinski definition) is 1. The fourth-order valence-corrected chi connectivity index (χ4v) is 1.86. The first kappa shape index (κ1) is 9.96. The molecule has 13 heavy (non-hydrogen) atoms. The molecule has 0 unspecified atom stereocenters. The molecule has 0 atom stereocenters. The summed E-state index contributed by atoms with van der Waals surface area (Å²) in [6, 6.07) is 3.55. The highest BCUT2D eigenvalue weighted by molar-refractivity contribution is 9.11. The molecule has 0 saturated heterocycles. The zero-order valence-corrected chi connectivity index (χ0v) is 8.85. The molecule has 0 aliphatic heterocycles. The Morgan fingerprint density at radius 1 is 1.77 bits per heavy atom. The minimum absolute atomic E-state index is 0.0368. The van der Waals surface area contributed by atoms with E-state index < -0.39 is 5.91 Å². The Bertz CT molecular complexity index is 403. The van der Waals surface area contributed by atoms with Gasteiger partial charge in [0.1, 0.15) is 11.6 Å². The van der Waals surface area contributed by atoms with E-state index in [0.29, 0.717) is 0 Å². The van der Waals surface area contributed by atoms with Crippen LogP contribution in [0.5, 0.6) is 0 Å². The molecule has 66 valence electrons. The van der Waals surface area contributed by atoms with Gasteiger partial charge in [-0.25, -0.2) is 0 Å². The number of carbonyl (C=O) groups is 1. The van der Waals surface area contributed by atoms with E-state index in [2.05, 4.69) is 15.9 Å². The zero-order valence-electron chi connectivity index (χ0n) is 6.45. The summed E-state index contributed by atoms with van der Waals surface area (Å²) in [4.78, 5) is 10.7. The smallest absolute Gasteiger partial charge is 0.259 e. The van der Waals surface area contributed by atoms with Gasteiger partial charge in [-0.2, -0.15) is 5.26 Å². The van der Waals surface area contributed by atoms with Gasteiger partial charge >= 0.3 is 0 Å². The highest BCUT2D eigenvalue weighted by Crippen LogP contribution is 2.22. The summed E-state index contributed by atoms with van der Waals surface area (Å²) in [5, 5.41) is 10.4. The number of hydrogen-bond acceptors (Lipinski definition) is 3. The number of nitrogens with two attached hydrogens (primary N) is 1. The fraction of sp³-hybridized carbons (Fsp3) is 0. The van der Waals surface area contributed by atoms with Gasteiger partial charge < -0.3 is 5.73 Å². The Labute approximate surface area is 87.6 Å². The highest BCUT2D eigenvalue weighted by atomic mass is 79.9. The fourth-order valence-electron chi connectivity index (χ4n) is 0.724. The van der Waals surface area contributed by atoms with Crippen molar-refractivity contribution >= 4 is 39.2 Å². The molecule has 1 heterocycles. The van der Waals surface area contributed by atoms with Crippen LogP contribution in [0, 0.1) is 11.3 Å². The topological polar surface area (TPSA) is 66.9 Å². The van der Waals surface area contributed by atoms with Gasteiger partial charge in [0, 0.05) is 0 Å². The number of nitriles is 1. The van der Waals surface area contributed by atoms with Crippen LogP contribution in [0.15, 0.2) is 20.8 Å². The Balaban J connectivity index is 3.00. The Morgan fingerprint density at radius 3 is 2.85 bits per heavy atom. The van der Waals surface area contributed by atoms with E-state index in [1.165, 1.54) is 17.4 Å². The van der Waals surface area contributed by atoms with Crippen molar-refractivity contribution in [3.05, 3.63) is 26.4 Å². The molecule has 0 radical (unpaired) electrons. The summed E-state index contributed by atoms with van der Waals surface area (Å²) >= 11 is 4.75. The summed E-state index contributed by atoms with van der Waals surface area (Å²) in [6.45, 7) is 0. The van der Waals surface area contributed by atoms with Crippen molar-refractivity contribution in [1.29, 1.82) is 5.26 Å². The summed E-state index contributed by atoms with van der Waals surface area (Å²) in [6.07, 6.45) is 1.46. The third-order valence-electron chi connectivity index (χ3n) is 1.28. The molecule has 0 aliphatic rings. The minimum atomic E-state index is -0.704. The molecule has 2 N–H and O–H groups in total. The molecule has 0 spiro atoms. The third-order valence-corrected chi connectivity index (χ3v) is 2.81. The van der Waals surface area contributed by atoms with Gasteiger partial charge in [-0.05, 0) is 39.0 Å². The monoisotopic (exact) mass is 256 g/mol. The molecular formula is C8H5BrN2OS. The van der Waals surface area contributed by atoms with E-state index in [1.54, 1.807) is 6.07 Å². The maximum Gasteiger partial charge on any atom is 0.259 e. The largest absolute Gasteiger partial charge is 0.365 e. The van der Waals surface area contributed by atoms with Crippen LogP contribution in [0.1, 0.15) is 5.56 Å². The van der Waals surface area contributed by atoms with Crippen LogP contribution >= 0.6 is 27.3 Å². The first-order chi connectivity index (χ1) is 6.13. The average Bonchev–Trinajstić information content (AvgIpc) is 2.46. The molecule has 0 fully saturated rings. The second-order valence-corrected chi connectivity index (χ2v) is 4.51. The Kier molecular flexibility index (Phi) is 3.23. The molecule has 1 amide bonds. The van der Waals surface area contributed by atoms with E-state index in [4.69, 9.17) is 11.0 Å². The minimum Gasteiger partial charge on any atom is -0.365 e. The number of carbonyl (C=O) groups excluding carboxylic acids is 1. The summed E-state index contributed by atoms with van der Waals surface area (Å²) < 4.78 is 0.945. The van der Waals surface area contributed by atoms with Gasteiger partial charge in [-0.1, -0.05) is 0 Å². The summed E-state index contributed by atoms with van der Waals surface area (Å²) in [7, 11) is 0. The van der Waals surface area contributed by atoms with Crippen LogP contribution in [0.2, 0.25) is 0 Å². The quantitative estimate of drug-likeness (QED) is 0.649. The van der Waals surface area contributed by atoms with Crippen LogP contribution in [0.4, 0.5) is 0 Å². The molecule has 0 saturated carbocycles. The number of thiophene rings is 1. The molecule has 0 bridgehead atoms. The first-order valence-corrected chi connectivity index (χ1v) is 4.96. The maximum absolute atomic E-state index is 10.7. The molecule has 1 aromatic heterocycles. The zero-order chi connectivity index (χ0) is 9.84. The molecule has 0 aliphatic carbocycles. The van der Waals surface area contributed by atoms with E-state index in [0.717, 1.165) is 9.35 Å². The molecule has 5 heteroatoms. The Hall–Kier alpha value is -1.12.